The van der Waals surface area contributed by atoms with Crippen molar-refractivity contribution in [3.63, 3.8) is 0 Å². The Hall–Kier alpha value is -7.42. The van der Waals surface area contributed by atoms with Crippen molar-refractivity contribution in [3.8, 4) is 50.2 Å². The van der Waals surface area contributed by atoms with E-state index in [1.54, 1.807) is 0 Å². The fourth-order valence-corrected chi connectivity index (χ4v) is 8.14. The summed E-state index contributed by atoms with van der Waals surface area (Å²) in [4.78, 5) is 2.32. The standard InChI is InChI=1S/C54H38N2/c1-4-15-39(16-5-1)41-31-35-46(36-32-41)55(45-19-8-3-9-20-45)47-37-33-42(34-38-47)40-27-29-44(30-28-40)48-21-10-12-25-52(48)56-53-26-13-11-22-50(53)51-24-14-23-49(54(51)56)43-17-6-2-7-18-43/h1-38H. The normalized spacial score (nSPS) is 11.2. The average Bonchev–Trinajstić information content (AvgIpc) is 3.62. The Balaban J connectivity index is 1.00. The third-order valence-corrected chi connectivity index (χ3v) is 10.8. The Morgan fingerprint density at radius 3 is 1.32 bits per heavy atom. The van der Waals surface area contributed by atoms with E-state index in [0.29, 0.717) is 0 Å². The first-order chi connectivity index (χ1) is 27.8. The molecule has 56 heavy (non-hydrogen) atoms. The van der Waals surface area contributed by atoms with Gasteiger partial charge in [0.25, 0.3) is 0 Å². The number of hydrogen-bond acceptors (Lipinski definition) is 1. The zero-order chi connectivity index (χ0) is 37.3. The molecule has 2 nitrogen and oxygen atoms in total. The van der Waals surface area contributed by atoms with Gasteiger partial charge in [0.2, 0.25) is 0 Å². The molecule has 0 N–H and O–H groups in total. The van der Waals surface area contributed by atoms with Crippen LogP contribution in [0.1, 0.15) is 0 Å². The van der Waals surface area contributed by atoms with Gasteiger partial charge in [0.05, 0.1) is 16.7 Å². The molecule has 1 heterocycles. The summed E-state index contributed by atoms with van der Waals surface area (Å²) >= 11 is 0. The van der Waals surface area contributed by atoms with Crippen LogP contribution in [0.2, 0.25) is 0 Å². The van der Waals surface area contributed by atoms with Crippen molar-refractivity contribution in [2.75, 3.05) is 4.90 Å². The van der Waals surface area contributed by atoms with Crippen LogP contribution >= 0.6 is 0 Å². The Kier molecular flexibility index (Phi) is 8.55. The maximum atomic E-state index is 2.46. The van der Waals surface area contributed by atoms with Crippen LogP contribution in [0.25, 0.3) is 72.0 Å². The van der Waals surface area contributed by atoms with Gasteiger partial charge >= 0.3 is 0 Å². The molecular weight excluding hydrogens is 677 g/mol. The summed E-state index contributed by atoms with van der Waals surface area (Å²) in [5, 5.41) is 2.51. The van der Waals surface area contributed by atoms with Crippen molar-refractivity contribution in [2.45, 2.75) is 0 Å². The molecule has 264 valence electrons. The van der Waals surface area contributed by atoms with Crippen molar-refractivity contribution >= 4 is 38.9 Å². The highest BCUT2D eigenvalue weighted by molar-refractivity contribution is 6.14. The van der Waals surface area contributed by atoms with Gasteiger partial charge in [0.15, 0.2) is 0 Å². The van der Waals surface area contributed by atoms with Gasteiger partial charge in [0, 0.05) is 39.0 Å². The van der Waals surface area contributed by atoms with Gasteiger partial charge in [-0.15, -0.1) is 0 Å². The van der Waals surface area contributed by atoms with E-state index in [2.05, 4.69) is 240 Å². The van der Waals surface area contributed by atoms with Crippen molar-refractivity contribution in [2.24, 2.45) is 0 Å². The van der Waals surface area contributed by atoms with E-state index in [4.69, 9.17) is 0 Å². The number of nitrogens with zero attached hydrogens (tertiary/aromatic N) is 2. The van der Waals surface area contributed by atoms with Crippen molar-refractivity contribution < 1.29 is 0 Å². The Morgan fingerprint density at radius 2 is 0.679 bits per heavy atom. The quantitative estimate of drug-likeness (QED) is 0.152. The summed E-state index contributed by atoms with van der Waals surface area (Å²) in [6.07, 6.45) is 0. The largest absolute Gasteiger partial charge is 0.311 e. The second kappa shape index (κ2) is 14.4. The monoisotopic (exact) mass is 714 g/mol. The van der Waals surface area contributed by atoms with E-state index in [1.807, 2.05) is 0 Å². The molecule has 0 aliphatic rings. The fourth-order valence-electron chi connectivity index (χ4n) is 8.14. The second-order valence-electron chi connectivity index (χ2n) is 14.1. The molecule has 0 atom stereocenters. The molecule has 10 aromatic rings. The molecule has 0 saturated heterocycles. The SMILES string of the molecule is c1ccc(-c2ccc(N(c3ccccc3)c3ccc(-c4ccc(-c5ccccc5-n5c6ccccc6c6cccc(-c7ccccc7)c65)cc4)cc3)cc2)cc1. The number of anilines is 3. The summed E-state index contributed by atoms with van der Waals surface area (Å²) in [6.45, 7) is 0. The molecular formula is C54H38N2. The number of fused-ring (bicyclic) bond motifs is 3. The summed E-state index contributed by atoms with van der Waals surface area (Å²) < 4.78 is 2.46. The predicted octanol–water partition coefficient (Wildman–Crippen LogP) is 14.9. The fraction of sp³-hybridized carbons (Fsp3) is 0. The van der Waals surface area contributed by atoms with E-state index in [9.17, 15) is 0 Å². The lowest BCUT2D eigenvalue weighted by molar-refractivity contribution is 1.18. The highest BCUT2D eigenvalue weighted by atomic mass is 15.1. The van der Waals surface area contributed by atoms with Gasteiger partial charge in [-0.3, -0.25) is 0 Å². The molecule has 0 unspecified atom stereocenters. The van der Waals surface area contributed by atoms with E-state index in [1.165, 1.54) is 66.3 Å². The molecule has 0 saturated carbocycles. The zero-order valence-corrected chi connectivity index (χ0v) is 30.8. The number of aromatic nitrogens is 1. The summed E-state index contributed by atoms with van der Waals surface area (Å²) in [5.41, 5.74) is 16.5. The van der Waals surface area contributed by atoms with Gasteiger partial charge in [-0.2, -0.15) is 0 Å². The first-order valence-corrected chi connectivity index (χ1v) is 19.2. The average molecular weight is 715 g/mol. The van der Waals surface area contributed by atoms with Crippen molar-refractivity contribution in [3.05, 3.63) is 231 Å². The van der Waals surface area contributed by atoms with Gasteiger partial charge < -0.3 is 9.47 Å². The molecule has 0 fully saturated rings. The minimum Gasteiger partial charge on any atom is -0.311 e. The number of benzene rings is 9. The van der Waals surface area contributed by atoms with E-state index >= 15 is 0 Å². The molecule has 0 bridgehead atoms. The first kappa shape index (κ1) is 33.2. The molecule has 0 radical (unpaired) electrons. The molecule has 9 aromatic carbocycles. The van der Waals surface area contributed by atoms with Gasteiger partial charge in [-0.25, -0.2) is 0 Å². The third-order valence-electron chi connectivity index (χ3n) is 10.8. The van der Waals surface area contributed by atoms with Crippen LogP contribution in [-0.4, -0.2) is 4.57 Å². The molecule has 0 aliphatic carbocycles. The molecule has 0 amide bonds. The third kappa shape index (κ3) is 6.04. The summed E-state index contributed by atoms with van der Waals surface area (Å²) in [5.74, 6) is 0. The first-order valence-electron chi connectivity index (χ1n) is 19.2. The maximum absolute atomic E-state index is 2.46. The lowest BCUT2D eigenvalue weighted by Crippen LogP contribution is -2.09. The Morgan fingerprint density at radius 1 is 0.268 bits per heavy atom. The lowest BCUT2D eigenvalue weighted by Gasteiger charge is -2.26. The van der Waals surface area contributed by atoms with Gasteiger partial charge in [0.1, 0.15) is 0 Å². The smallest absolute Gasteiger partial charge is 0.0619 e. The van der Waals surface area contributed by atoms with Crippen LogP contribution in [0.5, 0.6) is 0 Å². The van der Waals surface area contributed by atoms with Gasteiger partial charge in [-0.05, 0) is 81.9 Å². The van der Waals surface area contributed by atoms with Crippen molar-refractivity contribution in [1.82, 2.24) is 4.57 Å². The number of hydrogen-bond donors (Lipinski definition) is 0. The highest BCUT2D eigenvalue weighted by Gasteiger charge is 2.19. The maximum Gasteiger partial charge on any atom is 0.0619 e. The van der Waals surface area contributed by atoms with E-state index in [-0.39, 0.29) is 0 Å². The molecule has 1 aromatic heterocycles. The van der Waals surface area contributed by atoms with E-state index in [0.717, 1.165) is 22.7 Å². The van der Waals surface area contributed by atoms with Crippen LogP contribution in [-0.2, 0) is 0 Å². The second-order valence-corrected chi connectivity index (χ2v) is 14.1. The number of para-hydroxylation sites is 4. The zero-order valence-electron chi connectivity index (χ0n) is 30.8. The van der Waals surface area contributed by atoms with Crippen molar-refractivity contribution in [1.29, 1.82) is 0 Å². The summed E-state index contributed by atoms with van der Waals surface area (Å²) in [7, 11) is 0. The molecule has 0 spiro atoms. The molecule has 0 aliphatic heterocycles. The van der Waals surface area contributed by atoms with Gasteiger partial charge in [-0.1, -0.05) is 182 Å². The van der Waals surface area contributed by atoms with Crippen LogP contribution < -0.4 is 4.90 Å². The predicted molar refractivity (Wildman–Crippen MR) is 237 cm³/mol. The summed E-state index contributed by atoms with van der Waals surface area (Å²) in [6, 6.07) is 82.9. The molecule has 2 heteroatoms. The van der Waals surface area contributed by atoms with Crippen LogP contribution in [0, 0.1) is 0 Å². The lowest BCUT2D eigenvalue weighted by atomic mass is 9.98. The van der Waals surface area contributed by atoms with Crippen LogP contribution in [0.3, 0.4) is 0 Å². The minimum atomic E-state index is 1.11. The topological polar surface area (TPSA) is 8.17 Å². The Labute approximate surface area is 327 Å². The minimum absolute atomic E-state index is 1.11. The van der Waals surface area contributed by atoms with E-state index < -0.39 is 0 Å². The number of rotatable bonds is 8. The highest BCUT2D eigenvalue weighted by Crippen LogP contribution is 2.41. The van der Waals surface area contributed by atoms with Crippen LogP contribution in [0.4, 0.5) is 17.1 Å². The Bertz CT molecular complexity index is 2910. The molecule has 10 rings (SSSR count). The van der Waals surface area contributed by atoms with Crippen LogP contribution in [0.15, 0.2) is 231 Å².